The molecule has 0 bridgehead atoms. The van der Waals surface area contributed by atoms with Gasteiger partial charge in [-0.3, -0.25) is 0 Å². The maximum atomic E-state index is 5.99. The number of nitrogens with two attached hydrogens (primary N) is 1. The van der Waals surface area contributed by atoms with Gasteiger partial charge in [0.1, 0.15) is 5.82 Å². The largest absolute Gasteiger partial charge is 0.328 e. The average molecular weight is 263 g/mol. The van der Waals surface area contributed by atoms with Crippen LogP contribution in [0.3, 0.4) is 0 Å². The third-order valence-corrected chi connectivity index (χ3v) is 3.44. The van der Waals surface area contributed by atoms with Gasteiger partial charge in [-0.2, -0.15) is 0 Å². The number of rotatable bonds is 4. The second kappa shape index (κ2) is 5.72. The molecule has 0 amide bonds. The normalized spacial score (nSPS) is 12.2. The molecule has 0 aliphatic rings. The minimum atomic E-state index is 0.105. The van der Waals surface area contributed by atoms with E-state index in [0.29, 0.717) is 6.54 Å². The Kier molecular flexibility index (Phi) is 3.61. The number of nitrogens with zero attached hydrogens (tertiary/aromatic N) is 2. The molecule has 3 heteroatoms. The van der Waals surface area contributed by atoms with Crippen molar-refractivity contribution in [3.05, 3.63) is 78.6 Å². The summed E-state index contributed by atoms with van der Waals surface area (Å²) in [6.07, 6.45) is 3.82. The molecular weight excluding hydrogens is 246 g/mol. The fourth-order valence-corrected chi connectivity index (χ4v) is 2.46. The summed E-state index contributed by atoms with van der Waals surface area (Å²) < 4.78 is 2.14. The lowest BCUT2D eigenvalue weighted by Gasteiger charge is -2.19. The van der Waals surface area contributed by atoms with Crippen molar-refractivity contribution in [3.8, 4) is 11.4 Å². The van der Waals surface area contributed by atoms with Gasteiger partial charge in [-0.1, -0.05) is 60.7 Å². The van der Waals surface area contributed by atoms with Gasteiger partial charge in [-0.05, 0) is 5.56 Å². The van der Waals surface area contributed by atoms with Crippen LogP contribution in [0.4, 0.5) is 0 Å². The van der Waals surface area contributed by atoms with E-state index in [1.165, 1.54) is 5.56 Å². The van der Waals surface area contributed by atoms with Crippen molar-refractivity contribution >= 4 is 0 Å². The molecule has 20 heavy (non-hydrogen) atoms. The number of imidazole rings is 1. The van der Waals surface area contributed by atoms with Crippen molar-refractivity contribution in [1.82, 2.24) is 9.55 Å². The predicted molar refractivity (Wildman–Crippen MR) is 81.3 cm³/mol. The van der Waals surface area contributed by atoms with Crippen molar-refractivity contribution in [1.29, 1.82) is 0 Å². The van der Waals surface area contributed by atoms with Crippen LogP contribution in [0.2, 0.25) is 0 Å². The Bertz CT molecular complexity index is 659. The first-order valence-electron chi connectivity index (χ1n) is 6.73. The Morgan fingerprint density at radius 1 is 0.950 bits per heavy atom. The van der Waals surface area contributed by atoms with E-state index in [0.717, 1.165) is 11.4 Å². The molecule has 2 N–H and O–H groups in total. The van der Waals surface area contributed by atoms with Crippen LogP contribution < -0.4 is 5.73 Å². The van der Waals surface area contributed by atoms with Gasteiger partial charge in [0.25, 0.3) is 0 Å². The highest BCUT2D eigenvalue weighted by atomic mass is 15.1. The van der Waals surface area contributed by atoms with Crippen molar-refractivity contribution < 1.29 is 0 Å². The van der Waals surface area contributed by atoms with Crippen molar-refractivity contribution in [2.45, 2.75) is 6.04 Å². The summed E-state index contributed by atoms with van der Waals surface area (Å²) in [5, 5.41) is 0. The maximum absolute atomic E-state index is 5.99. The Morgan fingerprint density at radius 2 is 1.60 bits per heavy atom. The molecular formula is C17H17N3. The standard InChI is InChI=1S/C17H17N3/c18-13-16(14-7-3-1-4-8-14)20-12-11-19-17(20)15-9-5-2-6-10-15/h1-12,16H,13,18H2. The summed E-state index contributed by atoms with van der Waals surface area (Å²) >= 11 is 0. The second-order valence-electron chi connectivity index (χ2n) is 4.69. The molecule has 1 unspecified atom stereocenters. The third kappa shape index (κ3) is 2.36. The van der Waals surface area contributed by atoms with Crippen LogP contribution in [0, 0.1) is 0 Å². The molecule has 3 aromatic rings. The molecule has 0 aliphatic heterocycles. The molecule has 0 aliphatic carbocycles. The molecule has 3 rings (SSSR count). The predicted octanol–water partition coefficient (Wildman–Crippen LogP) is 3.10. The Balaban J connectivity index is 2.04. The van der Waals surface area contributed by atoms with E-state index in [-0.39, 0.29) is 6.04 Å². The molecule has 3 nitrogen and oxygen atoms in total. The molecule has 1 atom stereocenters. The minimum absolute atomic E-state index is 0.105. The van der Waals surface area contributed by atoms with Gasteiger partial charge in [-0.25, -0.2) is 4.98 Å². The van der Waals surface area contributed by atoms with E-state index in [4.69, 9.17) is 5.73 Å². The van der Waals surface area contributed by atoms with E-state index in [9.17, 15) is 0 Å². The lowest BCUT2D eigenvalue weighted by molar-refractivity contribution is 0.600. The lowest BCUT2D eigenvalue weighted by atomic mass is 10.1. The number of benzene rings is 2. The molecule has 100 valence electrons. The molecule has 0 saturated carbocycles. The van der Waals surface area contributed by atoms with E-state index in [1.54, 1.807) is 0 Å². The summed E-state index contributed by atoms with van der Waals surface area (Å²) in [5.41, 5.74) is 8.30. The molecule has 1 aromatic heterocycles. The number of hydrogen-bond donors (Lipinski definition) is 1. The Labute approximate surface area is 118 Å². The van der Waals surface area contributed by atoms with Gasteiger partial charge in [0.05, 0.1) is 6.04 Å². The first kappa shape index (κ1) is 12.6. The van der Waals surface area contributed by atoms with E-state index < -0.39 is 0 Å². The summed E-state index contributed by atoms with van der Waals surface area (Å²) in [6.45, 7) is 0.542. The van der Waals surface area contributed by atoms with Crippen LogP contribution in [-0.4, -0.2) is 16.1 Å². The topological polar surface area (TPSA) is 43.8 Å². The summed E-state index contributed by atoms with van der Waals surface area (Å²) in [4.78, 5) is 4.49. The van der Waals surface area contributed by atoms with Gasteiger partial charge in [0.2, 0.25) is 0 Å². The van der Waals surface area contributed by atoms with Gasteiger partial charge in [-0.15, -0.1) is 0 Å². The molecule has 2 aromatic carbocycles. The minimum Gasteiger partial charge on any atom is -0.328 e. The SMILES string of the molecule is NCC(c1ccccc1)n1ccnc1-c1ccccc1. The first-order chi connectivity index (χ1) is 9.90. The Morgan fingerprint density at radius 3 is 2.25 bits per heavy atom. The number of hydrogen-bond acceptors (Lipinski definition) is 2. The fraction of sp³-hybridized carbons (Fsp3) is 0.118. The van der Waals surface area contributed by atoms with Crippen LogP contribution in [0.1, 0.15) is 11.6 Å². The summed E-state index contributed by atoms with van der Waals surface area (Å²) in [7, 11) is 0. The highest BCUT2D eigenvalue weighted by Gasteiger charge is 2.15. The summed E-state index contributed by atoms with van der Waals surface area (Å²) in [5.74, 6) is 0.949. The monoisotopic (exact) mass is 263 g/mol. The van der Waals surface area contributed by atoms with Crippen LogP contribution >= 0.6 is 0 Å². The maximum Gasteiger partial charge on any atom is 0.140 e. The molecule has 0 spiro atoms. The van der Waals surface area contributed by atoms with Gasteiger partial charge in [0.15, 0.2) is 0 Å². The zero-order chi connectivity index (χ0) is 13.8. The fourth-order valence-electron chi connectivity index (χ4n) is 2.46. The molecule has 0 fully saturated rings. The van der Waals surface area contributed by atoms with E-state index in [2.05, 4.69) is 33.8 Å². The smallest absolute Gasteiger partial charge is 0.140 e. The second-order valence-corrected chi connectivity index (χ2v) is 4.69. The van der Waals surface area contributed by atoms with Crippen molar-refractivity contribution in [3.63, 3.8) is 0 Å². The number of aromatic nitrogens is 2. The van der Waals surface area contributed by atoms with Crippen LogP contribution in [-0.2, 0) is 0 Å². The third-order valence-electron chi connectivity index (χ3n) is 3.44. The van der Waals surface area contributed by atoms with Crippen molar-refractivity contribution in [2.24, 2.45) is 5.73 Å². The summed E-state index contributed by atoms with van der Waals surface area (Å²) in [6, 6.07) is 20.6. The van der Waals surface area contributed by atoms with Gasteiger partial charge < -0.3 is 10.3 Å². The first-order valence-corrected chi connectivity index (χ1v) is 6.73. The average Bonchev–Trinajstić information content (AvgIpc) is 2.99. The zero-order valence-corrected chi connectivity index (χ0v) is 11.2. The molecule has 0 radical (unpaired) electrons. The highest BCUT2D eigenvalue weighted by Crippen LogP contribution is 2.24. The molecule has 0 saturated heterocycles. The lowest BCUT2D eigenvalue weighted by Crippen LogP contribution is -2.20. The van der Waals surface area contributed by atoms with Crippen LogP contribution in [0.15, 0.2) is 73.1 Å². The highest BCUT2D eigenvalue weighted by molar-refractivity contribution is 5.55. The van der Waals surface area contributed by atoms with Gasteiger partial charge >= 0.3 is 0 Å². The Hall–Kier alpha value is -2.39. The molecule has 1 heterocycles. The van der Waals surface area contributed by atoms with Gasteiger partial charge in [0, 0.05) is 24.5 Å². The quantitative estimate of drug-likeness (QED) is 0.786. The van der Waals surface area contributed by atoms with E-state index in [1.807, 2.05) is 48.8 Å². The van der Waals surface area contributed by atoms with Crippen LogP contribution in [0.5, 0.6) is 0 Å². The zero-order valence-electron chi connectivity index (χ0n) is 11.2. The van der Waals surface area contributed by atoms with Crippen molar-refractivity contribution in [2.75, 3.05) is 6.54 Å². The van der Waals surface area contributed by atoms with Crippen LogP contribution in [0.25, 0.3) is 11.4 Å². The van der Waals surface area contributed by atoms with E-state index >= 15 is 0 Å².